The molecular formula is C31H31N3. The number of hydrogen-bond donors (Lipinski definition) is 0. The SMILES string of the molecule is Cc1ccc(C)n1-c1cc(Cc2cccc(Cc3ccccc3)c2)cc(-n2c(C)ccc2C)n1. The van der Waals surface area contributed by atoms with Gasteiger partial charge in [-0.25, -0.2) is 4.98 Å². The van der Waals surface area contributed by atoms with Crippen LogP contribution in [0, 0.1) is 27.7 Å². The van der Waals surface area contributed by atoms with Crippen LogP contribution in [0.1, 0.15) is 45.0 Å². The van der Waals surface area contributed by atoms with Crippen LogP contribution in [-0.2, 0) is 12.8 Å². The van der Waals surface area contributed by atoms with Gasteiger partial charge in [0.15, 0.2) is 0 Å². The normalized spacial score (nSPS) is 11.2. The van der Waals surface area contributed by atoms with Crippen LogP contribution in [0.25, 0.3) is 11.6 Å². The van der Waals surface area contributed by atoms with Crippen LogP contribution in [0.4, 0.5) is 0 Å². The summed E-state index contributed by atoms with van der Waals surface area (Å²) in [6, 6.07) is 32.7. The van der Waals surface area contributed by atoms with E-state index in [1.807, 2.05) is 0 Å². The number of hydrogen-bond acceptors (Lipinski definition) is 1. The Morgan fingerprint density at radius 2 is 0.912 bits per heavy atom. The lowest BCUT2D eigenvalue weighted by Crippen LogP contribution is -2.09. The van der Waals surface area contributed by atoms with Crippen molar-refractivity contribution >= 4 is 0 Å². The molecule has 0 amide bonds. The van der Waals surface area contributed by atoms with Gasteiger partial charge in [-0.1, -0.05) is 54.6 Å². The second-order valence-corrected chi connectivity index (χ2v) is 9.25. The van der Waals surface area contributed by atoms with E-state index in [9.17, 15) is 0 Å². The summed E-state index contributed by atoms with van der Waals surface area (Å²) in [5.41, 5.74) is 10.0. The van der Waals surface area contributed by atoms with Crippen molar-refractivity contribution in [2.24, 2.45) is 0 Å². The summed E-state index contributed by atoms with van der Waals surface area (Å²) in [6.07, 6.45) is 1.81. The predicted molar refractivity (Wildman–Crippen MR) is 140 cm³/mol. The molecule has 170 valence electrons. The maximum Gasteiger partial charge on any atom is 0.139 e. The van der Waals surface area contributed by atoms with E-state index in [-0.39, 0.29) is 0 Å². The van der Waals surface area contributed by atoms with Crippen LogP contribution >= 0.6 is 0 Å². The molecule has 3 heteroatoms. The van der Waals surface area contributed by atoms with Crippen LogP contribution in [0.15, 0.2) is 91.0 Å². The van der Waals surface area contributed by atoms with E-state index in [1.165, 1.54) is 45.0 Å². The molecule has 0 aliphatic heterocycles. The Balaban J connectivity index is 1.54. The largest absolute Gasteiger partial charge is 0.303 e. The summed E-state index contributed by atoms with van der Waals surface area (Å²) in [5, 5.41) is 0. The molecule has 0 aliphatic rings. The number of nitrogens with zero attached hydrogens (tertiary/aromatic N) is 3. The molecule has 3 aromatic heterocycles. The fraction of sp³-hybridized carbons (Fsp3) is 0.194. The fourth-order valence-electron chi connectivity index (χ4n) is 4.86. The van der Waals surface area contributed by atoms with Gasteiger partial charge in [0.2, 0.25) is 0 Å². The molecule has 3 heterocycles. The molecule has 0 atom stereocenters. The van der Waals surface area contributed by atoms with Crippen LogP contribution in [0.5, 0.6) is 0 Å². The standard InChI is InChI=1S/C31H31N3/c1-22-13-14-23(2)33(22)30-20-29(21-31(32-30)34-24(3)15-16-25(34)4)19-28-12-8-11-27(18-28)17-26-9-6-5-7-10-26/h5-16,18,20-21H,17,19H2,1-4H3. The first-order valence-electron chi connectivity index (χ1n) is 11.9. The maximum atomic E-state index is 5.10. The highest BCUT2D eigenvalue weighted by atomic mass is 15.1. The molecule has 0 N–H and O–H groups in total. The van der Waals surface area contributed by atoms with Crippen molar-refractivity contribution in [1.82, 2.24) is 14.1 Å². The highest BCUT2D eigenvalue weighted by Gasteiger charge is 2.13. The number of benzene rings is 2. The Morgan fingerprint density at radius 1 is 0.471 bits per heavy atom. The summed E-state index contributed by atoms with van der Waals surface area (Å²) in [7, 11) is 0. The lowest BCUT2D eigenvalue weighted by molar-refractivity contribution is 0.866. The molecule has 0 aliphatic carbocycles. The zero-order valence-electron chi connectivity index (χ0n) is 20.4. The van der Waals surface area contributed by atoms with Crippen LogP contribution in [-0.4, -0.2) is 14.1 Å². The van der Waals surface area contributed by atoms with E-state index in [0.29, 0.717) is 0 Å². The van der Waals surface area contributed by atoms with Crippen molar-refractivity contribution < 1.29 is 0 Å². The Labute approximate surface area is 202 Å². The van der Waals surface area contributed by atoms with Gasteiger partial charge in [-0.15, -0.1) is 0 Å². The summed E-state index contributed by atoms with van der Waals surface area (Å²) >= 11 is 0. The average Bonchev–Trinajstić information content (AvgIpc) is 3.34. The average molecular weight is 446 g/mol. The van der Waals surface area contributed by atoms with Gasteiger partial charge < -0.3 is 9.13 Å². The summed E-state index contributed by atoms with van der Waals surface area (Å²) in [4.78, 5) is 5.10. The molecule has 3 nitrogen and oxygen atoms in total. The predicted octanol–water partition coefficient (Wildman–Crippen LogP) is 7.08. The fourth-order valence-corrected chi connectivity index (χ4v) is 4.86. The van der Waals surface area contributed by atoms with Crippen LogP contribution in [0.2, 0.25) is 0 Å². The molecule has 0 bridgehead atoms. The molecule has 0 unspecified atom stereocenters. The van der Waals surface area contributed by atoms with E-state index < -0.39 is 0 Å². The lowest BCUT2D eigenvalue weighted by atomic mass is 9.99. The van der Waals surface area contributed by atoms with Crippen LogP contribution < -0.4 is 0 Å². The van der Waals surface area contributed by atoms with Gasteiger partial charge in [0.1, 0.15) is 11.6 Å². The van der Waals surface area contributed by atoms with Gasteiger partial charge in [-0.05, 0) is 99.2 Å². The monoisotopic (exact) mass is 445 g/mol. The summed E-state index contributed by atoms with van der Waals surface area (Å²) < 4.78 is 4.49. The Kier molecular flexibility index (Phi) is 5.93. The lowest BCUT2D eigenvalue weighted by Gasteiger charge is -2.16. The molecule has 2 aromatic carbocycles. The highest BCUT2D eigenvalue weighted by Crippen LogP contribution is 2.23. The third kappa shape index (κ3) is 4.47. The highest BCUT2D eigenvalue weighted by molar-refractivity contribution is 5.44. The quantitative estimate of drug-likeness (QED) is 0.274. The molecule has 0 radical (unpaired) electrons. The summed E-state index contributed by atoms with van der Waals surface area (Å²) in [6.45, 7) is 8.56. The molecular weight excluding hydrogens is 414 g/mol. The van der Waals surface area contributed by atoms with E-state index in [2.05, 4.69) is 128 Å². The van der Waals surface area contributed by atoms with Crippen molar-refractivity contribution in [1.29, 1.82) is 0 Å². The molecule has 0 spiro atoms. The number of pyridine rings is 1. The Hall–Kier alpha value is -3.85. The third-order valence-corrected chi connectivity index (χ3v) is 6.51. The summed E-state index contributed by atoms with van der Waals surface area (Å²) in [5.74, 6) is 1.95. The van der Waals surface area contributed by atoms with E-state index in [0.717, 1.165) is 24.5 Å². The van der Waals surface area contributed by atoms with E-state index in [4.69, 9.17) is 4.98 Å². The van der Waals surface area contributed by atoms with Gasteiger partial charge in [-0.3, -0.25) is 0 Å². The number of rotatable bonds is 6. The van der Waals surface area contributed by atoms with Crippen molar-refractivity contribution in [2.45, 2.75) is 40.5 Å². The van der Waals surface area contributed by atoms with Crippen molar-refractivity contribution in [2.75, 3.05) is 0 Å². The first kappa shape index (κ1) is 22.0. The van der Waals surface area contributed by atoms with Gasteiger partial charge in [0.25, 0.3) is 0 Å². The maximum absolute atomic E-state index is 5.10. The Bertz CT molecular complexity index is 1330. The molecule has 5 aromatic rings. The minimum atomic E-state index is 0.865. The van der Waals surface area contributed by atoms with Gasteiger partial charge in [0, 0.05) is 22.8 Å². The second kappa shape index (κ2) is 9.18. The minimum absolute atomic E-state index is 0.865. The number of aryl methyl sites for hydroxylation is 4. The minimum Gasteiger partial charge on any atom is -0.303 e. The zero-order valence-corrected chi connectivity index (χ0v) is 20.4. The topological polar surface area (TPSA) is 22.8 Å². The molecule has 5 rings (SSSR count). The van der Waals surface area contributed by atoms with Crippen molar-refractivity contribution in [3.63, 3.8) is 0 Å². The first-order valence-corrected chi connectivity index (χ1v) is 11.9. The molecule has 0 saturated heterocycles. The van der Waals surface area contributed by atoms with Crippen molar-refractivity contribution in [3.05, 3.63) is 136 Å². The van der Waals surface area contributed by atoms with E-state index >= 15 is 0 Å². The van der Waals surface area contributed by atoms with Crippen LogP contribution in [0.3, 0.4) is 0 Å². The Morgan fingerprint density at radius 3 is 1.41 bits per heavy atom. The third-order valence-electron chi connectivity index (χ3n) is 6.51. The second-order valence-electron chi connectivity index (χ2n) is 9.25. The van der Waals surface area contributed by atoms with E-state index in [1.54, 1.807) is 0 Å². The van der Waals surface area contributed by atoms with Crippen molar-refractivity contribution in [3.8, 4) is 11.6 Å². The smallest absolute Gasteiger partial charge is 0.139 e. The van der Waals surface area contributed by atoms with Gasteiger partial charge >= 0.3 is 0 Å². The molecule has 34 heavy (non-hydrogen) atoms. The number of aromatic nitrogens is 3. The van der Waals surface area contributed by atoms with Gasteiger partial charge in [0.05, 0.1) is 0 Å². The van der Waals surface area contributed by atoms with Gasteiger partial charge in [-0.2, -0.15) is 0 Å². The zero-order chi connectivity index (χ0) is 23.7. The molecule has 0 fully saturated rings. The first-order chi connectivity index (χ1) is 16.5. The molecule has 0 saturated carbocycles.